The Morgan fingerprint density at radius 1 is 0.861 bits per heavy atom. The van der Waals surface area contributed by atoms with Gasteiger partial charge in [-0.1, -0.05) is 52.7 Å². The number of halogens is 3. The standard InChI is InChI=1S/C22H21F3O5.C4H10.C2H6/c1-2-28-20(26)13-6-16-4-9-19(10-5-16)30-21(27)17-7-11-18(12-8-17)29-15-3-14-22(23,24)25;1-3-4-2;1-2/h4-13H,2-3,14-15H2,1H3;3-4H2,1-2H3;1-2H3/b13-6+;;. The summed E-state index contributed by atoms with van der Waals surface area (Å²) in [5.41, 5.74) is 0.999. The van der Waals surface area contributed by atoms with Gasteiger partial charge in [-0.2, -0.15) is 13.2 Å². The Labute approximate surface area is 212 Å². The van der Waals surface area contributed by atoms with Gasteiger partial charge in [0, 0.05) is 12.5 Å². The number of hydrogen-bond acceptors (Lipinski definition) is 5. The molecule has 2 aromatic rings. The Kier molecular flexibility index (Phi) is 17.2. The second-order valence-electron chi connectivity index (χ2n) is 7.14. The molecule has 8 heteroatoms. The zero-order chi connectivity index (χ0) is 27.4. The van der Waals surface area contributed by atoms with Crippen LogP contribution in [0.4, 0.5) is 13.2 Å². The van der Waals surface area contributed by atoms with Gasteiger partial charge in [0.2, 0.25) is 0 Å². The Morgan fingerprint density at radius 2 is 1.42 bits per heavy atom. The predicted octanol–water partition coefficient (Wildman–Crippen LogP) is 8.04. The van der Waals surface area contributed by atoms with Crippen LogP contribution in [-0.2, 0) is 9.53 Å². The topological polar surface area (TPSA) is 61.8 Å². The summed E-state index contributed by atoms with van der Waals surface area (Å²) in [6.07, 6.45) is 0.272. The highest BCUT2D eigenvalue weighted by Gasteiger charge is 2.26. The molecule has 0 aromatic heterocycles. The van der Waals surface area contributed by atoms with Crippen molar-refractivity contribution in [2.45, 2.75) is 66.5 Å². The minimum absolute atomic E-state index is 0.0692. The van der Waals surface area contributed by atoms with Crippen molar-refractivity contribution in [3.63, 3.8) is 0 Å². The number of carbonyl (C=O) groups excluding carboxylic acids is 2. The Hall–Kier alpha value is -3.29. The fraction of sp³-hybridized carbons (Fsp3) is 0.429. The third-order valence-electron chi connectivity index (χ3n) is 4.25. The average molecular weight is 511 g/mol. The molecule has 0 aliphatic carbocycles. The third-order valence-corrected chi connectivity index (χ3v) is 4.25. The van der Waals surface area contributed by atoms with Gasteiger partial charge in [0.1, 0.15) is 11.5 Å². The van der Waals surface area contributed by atoms with E-state index in [-0.39, 0.29) is 18.6 Å². The van der Waals surface area contributed by atoms with E-state index in [0.29, 0.717) is 18.1 Å². The van der Waals surface area contributed by atoms with Crippen LogP contribution in [0.15, 0.2) is 54.6 Å². The maximum atomic E-state index is 12.2. The monoisotopic (exact) mass is 510 g/mol. The Morgan fingerprint density at radius 3 is 1.92 bits per heavy atom. The third kappa shape index (κ3) is 15.6. The summed E-state index contributed by atoms with van der Waals surface area (Å²) in [4.78, 5) is 23.5. The van der Waals surface area contributed by atoms with Crippen molar-refractivity contribution in [3.05, 3.63) is 65.7 Å². The molecule has 0 saturated carbocycles. The highest BCUT2D eigenvalue weighted by atomic mass is 19.4. The average Bonchev–Trinajstić information content (AvgIpc) is 2.87. The van der Waals surface area contributed by atoms with E-state index in [0.717, 1.165) is 5.56 Å². The zero-order valence-electron chi connectivity index (χ0n) is 21.7. The highest BCUT2D eigenvalue weighted by molar-refractivity contribution is 5.91. The van der Waals surface area contributed by atoms with Crippen LogP contribution in [0.1, 0.15) is 76.2 Å². The Balaban J connectivity index is 0.00000185. The summed E-state index contributed by atoms with van der Waals surface area (Å²) >= 11 is 0. The van der Waals surface area contributed by atoms with Crippen LogP contribution >= 0.6 is 0 Å². The molecule has 0 saturated heterocycles. The first-order valence-corrected chi connectivity index (χ1v) is 12.1. The fourth-order valence-corrected chi connectivity index (χ4v) is 2.32. The van der Waals surface area contributed by atoms with E-state index in [4.69, 9.17) is 14.2 Å². The van der Waals surface area contributed by atoms with Crippen LogP contribution in [-0.4, -0.2) is 31.3 Å². The van der Waals surface area contributed by atoms with E-state index in [1.165, 1.54) is 43.2 Å². The number of esters is 2. The molecule has 0 aliphatic rings. The smallest absolute Gasteiger partial charge is 0.389 e. The maximum absolute atomic E-state index is 12.2. The first-order chi connectivity index (χ1) is 17.2. The van der Waals surface area contributed by atoms with Crippen LogP contribution in [0.25, 0.3) is 6.08 Å². The van der Waals surface area contributed by atoms with Gasteiger partial charge in [0.05, 0.1) is 18.8 Å². The second-order valence-corrected chi connectivity index (χ2v) is 7.14. The summed E-state index contributed by atoms with van der Waals surface area (Å²) in [5, 5.41) is 0. The van der Waals surface area contributed by atoms with E-state index in [9.17, 15) is 22.8 Å². The highest BCUT2D eigenvalue weighted by Crippen LogP contribution is 2.22. The predicted molar refractivity (Wildman–Crippen MR) is 136 cm³/mol. The summed E-state index contributed by atoms with van der Waals surface area (Å²) in [6.45, 7) is 10.3. The normalized spacial score (nSPS) is 10.4. The molecule has 0 heterocycles. The first kappa shape index (κ1) is 32.7. The van der Waals surface area contributed by atoms with Gasteiger partial charge < -0.3 is 14.2 Å². The van der Waals surface area contributed by atoms with Crippen LogP contribution in [0.3, 0.4) is 0 Å². The van der Waals surface area contributed by atoms with Gasteiger partial charge in [0.25, 0.3) is 0 Å². The molecular formula is C28H37F3O5. The lowest BCUT2D eigenvalue weighted by Gasteiger charge is -2.09. The minimum atomic E-state index is -4.20. The fourth-order valence-electron chi connectivity index (χ4n) is 2.32. The zero-order valence-corrected chi connectivity index (χ0v) is 21.7. The van der Waals surface area contributed by atoms with Crippen molar-refractivity contribution in [2.24, 2.45) is 0 Å². The quantitative estimate of drug-likeness (QED) is 0.140. The number of hydrogen-bond donors (Lipinski definition) is 0. The molecule has 0 fully saturated rings. The van der Waals surface area contributed by atoms with Gasteiger partial charge >= 0.3 is 18.1 Å². The molecular weight excluding hydrogens is 473 g/mol. The summed E-state index contributed by atoms with van der Waals surface area (Å²) in [5.74, 6) is -0.346. The van der Waals surface area contributed by atoms with Gasteiger partial charge in [-0.05, 0) is 61.4 Å². The SMILES string of the molecule is CC.CCCC.CCOC(=O)/C=C/c1ccc(OC(=O)c2ccc(OCCCC(F)(F)F)cc2)cc1. The maximum Gasteiger partial charge on any atom is 0.389 e. The summed E-state index contributed by atoms with van der Waals surface area (Å²) in [7, 11) is 0. The van der Waals surface area contributed by atoms with Crippen LogP contribution in [0.5, 0.6) is 11.5 Å². The molecule has 36 heavy (non-hydrogen) atoms. The number of carbonyl (C=O) groups is 2. The van der Waals surface area contributed by atoms with Crippen LogP contribution < -0.4 is 9.47 Å². The minimum Gasteiger partial charge on any atom is -0.494 e. The van der Waals surface area contributed by atoms with Crippen molar-refractivity contribution >= 4 is 18.0 Å². The molecule has 200 valence electrons. The molecule has 0 amide bonds. The molecule has 0 N–H and O–H groups in total. The molecule has 0 atom stereocenters. The summed E-state index contributed by atoms with van der Waals surface area (Å²) in [6, 6.07) is 12.4. The number of benzene rings is 2. The van der Waals surface area contributed by atoms with Crippen molar-refractivity contribution in [1.29, 1.82) is 0 Å². The van der Waals surface area contributed by atoms with Gasteiger partial charge in [-0.3, -0.25) is 0 Å². The van der Waals surface area contributed by atoms with E-state index in [1.807, 2.05) is 13.8 Å². The van der Waals surface area contributed by atoms with Crippen molar-refractivity contribution in [1.82, 2.24) is 0 Å². The number of ether oxygens (including phenoxy) is 3. The van der Waals surface area contributed by atoms with Crippen LogP contribution in [0, 0.1) is 0 Å². The lowest BCUT2D eigenvalue weighted by molar-refractivity contribution is -0.137. The molecule has 0 radical (unpaired) electrons. The van der Waals surface area contributed by atoms with Crippen molar-refractivity contribution in [3.8, 4) is 11.5 Å². The van der Waals surface area contributed by atoms with Crippen molar-refractivity contribution < 1.29 is 37.0 Å². The van der Waals surface area contributed by atoms with Gasteiger partial charge in [-0.15, -0.1) is 0 Å². The number of unbranched alkanes of at least 4 members (excludes halogenated alkanes) is 1. The molecule has 0 bridgehead atoms. The largest absolute Gasteiger partial charge is 0.494 e. The lowest BCUT2D eigenvalue weighted by atomic mass is 10.2. The Bertz CT molecular complexity index is 887. The second kappa shape index (κ2) is 19.0. The van der Waals surface area contributed by atoms with E-state index in [2.05, 4.69) is 13.8 Å². The summed E-state index contributed by atoms with van der Waals surface area (Å²) < 4.78 is 51.6. The van der Waals surface area contributed by atoms with E-state index in [1.54, 1.807) is 37.3 Å². The molecule has 0 spiro atoms. The molecule has 0 unspecified atom stereocenters. The van der Waals surface area contributed by atoms with Crippen LogP contribution in [0.2, 0.25) is 0 Å². The lowest BCUT2D eigenvalue weighted by Crippen LogP contribution is -2.10. The van der Waals surface area contributed by atoms with Gasteiger partial charge in [0.15, 0.2) is 0 Å². The number of alkyl halides is 3. The van der Waals surface area contributed by atoms with E-state index >= 15 is 0 Å². The van der Waals surface area contributed by atoms with E-state index < -0.39 is 24.5 Å². The molecule has 0 aliphatic heterocycles. The molecule has 5 nitrogen and oxygen atoms in total. The molecule has 2 aromatic carbocycles. The number of rotatable bonds is 10. The first-order valence-electron chi connectivity index (χ1n) is 12.1. The van der Waals surface area contributed by atoms with Gasteiger partial charge in [-0.25, -0.2) is 9.59 Å². The van der Waals surface area contributed by atoms with Crippen molar-refractivity contribution in [2.75, 3.05) is 13.2 Å². The molecule has 2 rings (SSSR count).